The fraction of sp³-hybridized carbons (Fsp3) is 0.571. The van der Waals surface area contributed by atoms with Crippen LogP contribution in [0.3, 0.4) is 0 Å². The van der Waals surface area contributed by atoms with Crippen LogP contribution in [-0.4, -0.2) is 25.0 Å². The summed E-state index contributed by atoms with van der Waals surface area (Å²) < 4.78 is 4.96. The molecule has 0 aromatic rings. The third kappa shape index (κ3) is 8.56. The van der Waals surface area contributed by atoms with Crippen molar-refractivity contribution in [3.63, 3.8) is 0 Å². The molecule has 4 nitrogen and oxygen atoms in total. The summed E-state index contributed by atoms with van der Waals surface area (Å²) in [7, 11) is 0. The summed E-state index contributed by atoms with van der Waals surface area (Å²) in [6.45, 7) is 11.5. The highest BCUT2D eigenvalue weighted by atomic mass is 16.5. The molecule has 18 heavy (non-hydrogen) atoms. The maximum atomic E-state index is 11.1. The number of carbonyl (C=O) groups is 2. The molecular weight excluding hydrogens is 230 g/mol. The molecule has 0 fully saturated rings. The van der Waals surface area contributed by atoms with Gasteiger partial charge in [0.25, 0.3) is 0 Å². The van der Waals surface area contributed by atoms with Gasteiger partial charge in [-0.25, -0.2) is 4.79 Å². The quantitative estimate of drug-likeness (QED) is 0.390. The summed E-state index contributed by atoms with van der Waals surface area (Å²) in [5.74, 6) is -0.422. The number of unbranched alkanes of at least 4 members (excludes halogenated alkanes) is 3. The van der Waals surface area contributed by atoms with Gasteiger partial charge in [0.05, 0.1) is 6.61 Å². The maximum absolute atomic E-state index is 11.1. The molecular formula is C14H23NO3. The highest BCUT2D eigenvalue weighted by molar-refractivity contribution is 5.92. The van der Waals surface area contributed by atoms with Gasteiger partial charge >= 0.3 is 5.97 Å². The van der Waals surface area contributed by atoms with Crippen molar-refractivity contribution in [2.24, 2.45) is 0 Å². The molecule has 0 unspecified atom stereocenters. The molecule has 0 saturated carbocycles. The van der Waals surface area contributed by atoms with Crippen LogP contribution < -0.4 is 5.32 Å². The third-order valence-electron chi connectivity index (χ3n) is 2.33. The molecule has 0 radical (unpaired) electrons. The van der Waals surface area contributed by atoms with Crippen LogP contribution in [0.25, 0.3) is 0 Å². The summed E-state index contributed by atoms with van der Waals surface area (Å²) in [5.41, 5.74) is 0.958. The summed E-state index contributed by atoms with van der Waals surface area (Å²) >= 11 is 0. The standard InChI is InChI=1S/C14H23NO3/c1-11(2)13(16)15-9-7-5-6-8-10-18-14(17)12(3)4/h1,3,5-10H2,2,4H3,(H,15,16). The van der Waals surface area contributed by atoms with Crippen molar-refractivity contribution >= 4 is 11.9 Å². The van der Waals surface area contributed by atoms with Gasteiger partial charge in [0.2, 0.25) is 5.91 Å². The van der Waals surface area contributed by atoms with E-state index in [9.17, 15) is 9.59 Å². The number of amides is 1. The molecule has 0 aromatic carbocycles. The fourth-order valence-corrected chi connectivity index (χ4v) is 1.22. The van der Waals surface area contributed by atoms with E-state index in [1.807, 2.05) is 0 Å². The first-order valence-corrected chi connectivity index (χ1v) is 6.21. The lowest BCUT2D eigenvalue weighted by Crippen LogP contribution is -2.24. The lowest BCUT2D eigenvalue weighted by atomic mass is 10.2. The molecule has 1 amide bonds. The Hall–Kier alpha value is -1.58. The smallest absolute Gasteiger partial charge is 0.333 e. The summed E-state index contributed by atoms with van der Waals surface area (Å²) in [6.07, 6.45) is 3.74. The van der Waals surface area contributed by atoms with Gasteiger partial charge in [0.15, 0.2) is 0 Å². The van der Waals surface area contributed by atoms with Crippen molar-refractivity contribution in [3.8, 4) is 0 Å². The number of esters is 1. The van der Waals surface area contributed by atoms with E-state index in [0.717, 1.165) is 25.7 Å². The van der Waals surface area contributed by atoms with E-state index in [1.54, 1.807) is 13.8 Å². The summed E-state index contributed by atoms with van der Waals surface area (Å²) in [5, 5.41) is 2.77. The molecule has 0 saturated heterocycles. The van der Waals surface area contributed by atoms with Crippen molar-refractivity contribution in [1.29, 1.82) is 0 Å². The van der Waals surface area contributed by atoms with Crippen LogP contribution in [-0.2, 0) is 14.3 Å². The predicted octanol–water partition coefficient (Wildman–Crippen LogP) is 2.36. The second kappa shape index (κ2) is 9.45. The topological polar surface area (TPSA) is 55.4 Å². The van der Waals surface area contributed by atoms with Gasteiger partial charge in [0.1, 0.15) is 0 Å². The molecule has 0 atom stereocenters. The van der Waals surface area contributed by atoms with Crippen LogP contribution in [0.2, 0.25) is 0 Å². The van der Waals surface area contributed by atoms with E-state index >= 15 is 0 Å². The van der Waals surface area contributed by atoms with Crippen molar-refractivity contribution in [2.45, 2.75) is 39.5 Å². The van der Waals surface area contributed by atoms with Gasteiger partial charge < -0.3 is 10.1 Å². The maximum Gasteiger partial charge on any atom is 0.333 e. The number of ether oxygens (including phenoxy) is 1. The predicted molar refractivity (Wildman–Crippen MR) is 72.1 cm³/mol. The normalized spacial score (nSPS) is 9.67. The Balaban J connectivity index is 3.32. The van der Waals surface area contributed by atoms with Crippen LogP contribution in [0.1, 0.15) is 39.5 Å². The molecule has 0 aliphatic rings. The zero-order valence-corrected chi connectivity index (χ0v) is 11.4. The Bertz CT molecular complexity index is 289. The van der Waals surface area contributed by atoms with Crippen LogP contribution in [0.15, 0.2) is 24.3 Å². The molecule has 0 heterocycles. The Morgan fingerprint density at radius 2 is 1.61 bits per heavy atom. The van der Waals surface area contributed by atoms with Crippen molar-refractivity contribution in [1.82, 2.24) is 5.32 Å². The molecule has 0 rings (SSSR count). The van der Waals surface area contributed by atoms with Gasteiger partial charge in [-0.15, -0.1) is 0 Å². The van der Waals surface area contributed by atoms with Crippen LogP contribution in [0.5, 0.6) is 0 Å². The van der Waals surface area contributed by atoms with Crippen molar-refractivity contribution in [2.75, 3.05) is 13.2 Å². The van der Waals surface area contributed by atoms with E-state index < -0.39 is 0 Å². The van der Waals surface area contributed by atoms with Gasteiger partial charge in [-0.05, 0) is 33.1 Å². The van der Waals surface area contributed by atoms with E-state index in [4.69, 9.17) is 4.74 Å². The highest BCUT2D eigenvalue weighted by Gasteiger charge is 2.02. The average Bonchev–Trinajstić information content (AvgIpc) is 2.31. The lowest BCUT2D eigenvalue weighted by molar-refractivity contribution is -0.139. The first kappa shape index (κ1) is 16.4. The molecule has 102 valence electrons. The Morgan fingerprint density at radius 1 is 1.00 bits per heavy atom. The lowest BCUT2D eigenvalue weighted by Gasteiger charge is -2.05. The van der Waals surface area contributed by atoms with Crippen LogP contribution in [0.4, 0.5) is 0 Å². The first-order valence-electron chi connectivity index (χ1n) is 6.21. The molecule has 4 heteroatoms. The van der Waals surface area contributed by atoms with E-state index in [-0.39, 0.29) is 11.9 Å². The van der Waals surface area contributed by atoms with E-state index in [2.05, 4.69) is 18.5 Å². The molecule has 0 aliphatic carbocycles. The monoisotopic (exact) mass is 253 g/mol. The molecule has 0 spiro atoms. The van der Waals surface area contributed by atoms with Gasteiger partial charge in [0, 0.05) is 17.7 Å². The zero-order valence-electron chi connectivity index (χ0n) is 11.4. The van der Waals surface area contributed by atoms with E-state index in [0.29, 0.717) is 24.3 Å². The number of carbonyl (C=O) groups excluding carboxylic acids is 2. The van der Waals surface area contributed by atoms with Gasteiger partial charge in [-0.3, -0.25) is 4.79 Å². The minimum Gasteiger partial charge on any atom is -0.462 e. The minimum atomic E-state index is -0.330. The minimum absolute atomic E-state index is 0.0922. The number of hydrogen-bond acceptors (Lipinski definition) is 3. The molecule has 0 bridgehead atoms. The highest BCUT2D eigenvalue weighted by Crippen LogP contribution is 2.01. The molecule has 1 N–H and O–H groups in total. The number of rotatable bonds is 9. The second-order valence-electron chi connectivity index (χ2n) is 4.37. The molecule has 0 aliphatic heterocycles. The first-order chi connectivity index (χ1) is 8.45. The summed E-state index contributed by atoms with van der Waals surface area (Å²) in [4.78, 5) is 22.2. The Kier molecular flexibility index (Phi) is 8.62. The summed E-state index contributed by atoms with van der Waals surface area (Å²) in [6, 6.07) is 0. The Labute approximate surface area is 109 Å². The van der Waals surface area contributed by atoms with Crippen molar-refractivity contribution in [3.05, 3.63) is 24.3 Å². The fourth-order valence-electron chi connectivity index (χ4n) is 1.22. The average molecular weight is 253 g/mol. The number of hydrogen-bond donors (Lipinski definition) is 1. The van der Waals surface area contributed by atoms with E-state index in [1.165, 1.54) is 0 Å². The van der Waals surface area contributed by atoms with Crippen LogP contribution in [0, 0.1) is 0 Å². The molecule has 0 aromatic heterocycles. The van der Waals surface area contributed by atoms with Crippen LogP contribution >= 0.6 is 0 Å². The van der Waals surface area contributed by atoms with Crippen molar-refractivity contribution < 1.29 is 14.3 Å². The van der Waals surface area contributed by atoms with Gasteiger partial charge in [-0.1, -0.05) is 19.6 Å². The second-order valence-corrected chi connectivity index (χ2v) is 4.37. The van der Waals surface area contributed by atoms with Gasteiger partial charge in [-0.2, -0.15) is 0 Å². The third-order valence-corrected chi connectivity index (χ3v) is 2.33. The number of nitrogens with one attached hydrogen (secondary N) is 1. The zero-order chi connectivity index (χ0) is 14.0. The largest absolute Gasteiger partial charge is 0.462 e. The Morgan fingerprint density at radius 3 is 2.17 bits per heavy atom. The SMILES string of the molecule is C=C(C)C(=O)NCCCCCCOC(=O)C(=C)C.